The lowest BCUT2D eigenvalue weighted by Gasteiger charge is -1.92. The summed E-state index contributed by atoms with van der Waals surface area (Å²) >= 11 is 0. The summed E-state index contributed by atoms with van der Waals surface area (Å²) in [5.41, 5.74) is 0. The molecule has 0 N–H and O–H groups in total. The maximum atomic E-state index is 11.5. The van der Waals surface area contributed by atoms with Gasteiger partial charge in [0, 0.05) is 0 Å². The van der Waals surface area contributed by atoms with Crippen molar-refractivity contribution < 1.29 is 4.39 Å². The monoisotopic (exact) mass is 100 g/mol. The molecule has 0 aromatic rings. The molecule has 0 amide bonds. The van der Waals surface area contributed by atoms with Crippen LogP contribution >= 0.6 is 0 Å². The van der Waals surface area contributed by atoms with Crippen molar-refractivity contribution in [2.75, 3.05) is 13.2 Å². The molecule has 1 aliphatic rings. The van der Waals surface area contributed by atoms with Gasteiger partial charge in [-0.3, -0.25) is 10.3 Å². The van der Waals surface area contributed by atoms with E-state index < -0.39 is 6.67 Å². The Balaban J connectivity index is 2.28. The first-order chi connectivity index (χ1) is 3.43. The van der Waals surface area contributed by atoms with E-state index in [-0.39, 0.29) is 6.04 Å². The van der Waals surface area contributed by atoms with Crippen LogP contribution in [0.2, 0.25) is 0 Å². The molecule has 1 rings (SSSR count). The van der Waals surface area contributed by atoms with E-state index >= 15 is 0 Å². The molecule has 0 saturated carbocycles. The van der Waals surface area contributed by atoms with Gasteiger partial charge < -0.3 is 0 Å². The first-order valence-electron chi connectivity index (χ1n) is 2.11. The van der Waals surface area contributed by atoms with Crippen LogP contribution in [0.25, 0.3) is 0 Å². The van der Waals surface area contributed by atoms with Gasteiger partial charge in [0.1, 0.15) is 12.7 Å². The lowest BCUT2D eigenvalue weighted by molar-refractivity contribution is 0.438. The quantitative estimate of drug-likeness (QED) is 0.438. The average molecular weight is 100 g/mol. The molecule has 1 aliphatic heterocycles. The summed E-state index contributed by atoms with van der Waals surface area (Å²) in [6, 6.07) is -0.222. The maximum Gasteiger partial charge on any atom is 0.188 e. The average Bonchev–Trinajstić information content (AvgIpc) is 2.14. The molecule has 0 saturated heterocycles. The molecule has 0 aromatic heterocycles. The number of aliphatic imine (C=N–C) groups is 1. The van der Waals surface area contributed by atoms with Crippen LogP contribution in [0.5, 0.6) is 0 Å². The van der Waals surface area contributed by atoms with Crippen molar-refractivity contribution in [3.05, 3.63) is 0 Å². The fraction of sp³-hybridized carbons (Fsp3) is 0.750. The van der Waals surface area contributed by atoms with Crippen LogP contribution in [0.15, 0.2) is 4.99 Å². The third kappa shape index (κ3) is 0.885. The van der Waals surface area contributed by atoms with E-state index in [0.29, 0.717) is 6.54 Å². The van der Waals surface area contributed by atoms with Crippen molar-refractivity contribution in [1.82, 2.24) is 5.32 Å². The van der Waals surface area contributed by atoms with Gasteiger partial charge in [-0.1, -0.05) is 0 Å². The summed E-state index contributed by atoms with van der Waals surface area (Å²) in [7, 11) is 0. The van der Waals surface area contributed by atoms with Crippen molar-refractivity contribution in [3.63, 3.8) is 0 Å². The largest absolute Gasteiger partial charge is 0.261 e. The van der Waals surface area contributed by atoms with Crippen molar-refractivity contribution in [1.29, 1.82) is 0 Å². The number of nitrogens with zero attached hydrogens (tertiary/aromatic N) is 2. The molecule has 0 aromatic carbocycles. The van der Waals surface area contributed by atoms with E-state index in [2.05, 4.69) is 16.6 Å². The van der Waals surface area contributed by atoms with E-state index in [0.717, 1.165) is 0 Å². The molecule has 2 radical (unpaired) electrons. The molecule has 0 aliphatic carbocycles. The third-order valence-corrected chi connectivity index (χ3v) is 0.791. The second kappa shape index (κ2) is 1.91. The zero-order valence-electron chi connectivity index (χ0n) is 3.76. The molecule has 1 unspecified atom stereocenters. The number of alkyl halides is 1. The van der Waals surface area contributed by atoms with Gasteiger partial charge in [-0.2, -0.15) is 0 Å². The number of hydrogen-bond acceptors (Lipinski definition) is 1. The molecule has 2 nitrogen and oxygen atoms in total. The van der Waals surface area contributed by atoms with Crippen LogP contribution in [-0.4, -0.2) is 25.6 Å². The van der Waals surface area contributed by atoms with Gasteiger partial charge in [0.2, 0.25) is 0 Å². The van der Waals surface area contributed by atoms with Crippen LogP contribution in [0.1, 0.15) is 0 Å². The second-order valence-electron chi connectivity index (χ2n) is 1.38. The molecular formula is C4H5FN2. The van der Waals surface area contributed by atoms with Crippen molar-refractivity contribution >= 4 is 6.34 Å². The normalized spacial score (nSPS) is 27.9. The molecule has 1 atom stereocenters. The topological polar surface area (TPSA) is 26.5 Å². The standard InChI is InChI=1S/C4H5FN2/c5-1-4-2-6-3-7-4/h4H,1-2H2. The Morgan fingerprint density at radius 3 is 3.00 bits per heavy atom. The van der Waals surface area contributed by atoms with Gasteiger partial charge in [-0.25, -0.2) is 4.39 Å². The van der Waals surface area contributed by atoms with E-state index in [1.54, 1.807) is 0 Å². The molecule has 0 fully saturated rings. The first-order valence-corrected chi connectivity index (χ1v) is 2.11. The van der Waals surface area contributed by atoms with Gasteiger partial charge in [-0.05, 0) is 0 Å². The summed E-state index contributed by atoms with van der Waals surface area (Å²) in [5.74, 6) is 0. The van der Waals surface area contributed by atoms with Gasteiger partial charge in [0.05, 0.1) is 6.54 Å². The highest BCUT2D eigenvalue weighted by Crippen LogP contribution is 1.93. The van der Waals surface area contributed by atoms with Crippen LogP contribution < -0.4 is 5.32 Å². The van der Waals surface area contributed by atoms with Crippen LogP contribution in [0.4, 0.5) is 4.39 Å². The summed E-state index contributed by atoms with van der Waals surface area (Å²) in [4.78, 5) is 3.56. The Labute approximate surface area is 41.4 Å². The minimum Gasteiger partial charge on any atom is -0.261 e. The van der Waals surface area contributed by atoms with Crippen LogP contribution in [0, 0.1) is 0 Å². The summed E-state index contributed by atoms with van der Waals surface area (Å²) in [6.45, 7) is 0.0764. The minimum absolute atomic E-state index is 0.222. The summed E-state index contributed by atoms with van der Waals surface area (Å²) in [5, 5.41) is 3.58. The third-order valence-electron chi connectivity index (χ3n) is 0.791. The van der Waals surface area contributed by atoms with Crippen LogP contribution in [-0.2, 0) is 0 Å². The Bertz CT molecular complexity index is 81.8. The molecule has 38 valence electrons. The highest BCUT2D eigenvalue weighted by molar-refractivity contribution is 5.56. The Morgan fingerprint density at radius 1 is 1.86 bits per heavy atom. The molecular weight excluding hydrogens is 95.1 g/mol. The van der Waals surface area contributed by atoms with E-state index in [1.807, 2.05) is 0 Å². The molecule has 3 heteroatoms. The SMILES string of the molecule is FCC1C[N][C]=N1. The van der Waals surface area contributed by atoms with Gasteiger partial charge in [0.25, 0.3) is 0 Å². The molecule has 0 spiro atoms. The predicted octanol–water partition coefficient (Wildman–Crippen LogP) is -0.152. The lowest BCUT2D eigenvalue weighted by atomic mass is 10.4. The van der Waals surface area contributed by atoms with Gasteiger partial charge >= 0.3 is 0 Å². The highest BCUT2D eigenvalue weighted by atomic mass is 19.1. The highest BCUT2D eigenvalue weighted by Gasteiger charge is 2.09. The van der Waals surface area contributed by atoms with Crippen molar-refractivity contribution in [2.24, 2.45) is 4.99 Å². The number of hydrogen-bond donors (Lipinski definition) is 0. The zero-order valence-corrected chi connectivity index (χ0v) is 3.76. The molecule has 0 bridgehead atoms. The summed E-state index contributed by atoms with van der Waals surface area (Å²) < 4.78 is 11.5. The smallest absolute Gasteiger partial charge is 0.188 e. The van der Waals surface area contributed by atoms with Gasteiger partial charge in [0.15, 0.2) is 6.34 Å². The summed E-state index contributed by atoms with van der Waals surface area (Å²) in [6.07, 6.45) is 2.33. The molecule has 7 heavy (non-hydrogen) atoms. The van der Waals surface area contributed by atoms with E-state index in [1.165, 1.54) is 0 Å². The van der Waals surface area contributed by atoms with E-state index in [4.69, 9.17) is 0 Å². The molecule has 1 heterocycles. The maximum absolute atomic E-state index is 11.5. The second-order valence-corrected chi connectivity index (χ2v) is 1.38. The van der Waals surface area contributed by atoms with Gasteiger partial charge in [-0.15, -0.1) is 0 Å². The van der Waals surface area contributed by atoms with Crippen molar-refractivity contribution in [2.45, 2.75) is 6.04 Å². The first kappa shape index (κ1) is 4.56. The minimum atomic E-state index is -0.406. The fourth-order valence-corrected chi connectivity index (χ4v) is 0.393. The van der Waals surface area contributed by atoms with Crippen molar-refractivity contribution in [3.8, 4) is 0 Å². The number of rotatable bonds is 1. The van der Waals surface area contributed by atoms with Crippen LogP contribution in [0.3, 0.4) is 0 Å². The fourth-order valence-electron chi connectivity index (χ4n) is 0.393. The van der Waals surface area contributed by atoms with E-state index in [9.17, 15) is 4.39 Å². The number of halogens is 1. The lowest BCUT2D eigenvalue weighted by Crippen LogP contribution is -2.11. The Morgan fingerprint density at radius 2 is 2.71 bits per heavy atom. The predicted molar refractivity (Wildman–Crippen MR) is 24.2 cm³/mol. The Kier molecular flexibility index (Phi) is 1.24. The Hall–Kier alpha value is -0.600. The zero-order chi connectivity index (χ0) is 5.11.